The molecule has 1 fully saturated rings. The molecule has 2 heterocycles. The highest BCUT2D eigenvalue weighted by molar-refractivity contribution is 7.80. The lowest BCUT2D eigenvalue weighted by Crippen LogP contribution is -2.46. The molecule has 0 spiro atoms. The molecule has 1 amide bonds. The van der Waals surface area contributed by atoms with E-state index in [4.69, 9.17) is 17.0 Å². The second kappa shape index (κ2) is 9.06. The summed E-state index contributed by atoms with van der Waals surface area (Å²) in [5.41, 5.74) is 7.18. The number of aryl methyl sites for hydroxylation is 1. The molecule has 0 saturated carbocycles. The van der Waals surface area contributed by atoms with Crippen LogP contribution >= 0.6 is 12.2 Å². The van der Waals surface area contributed by atoms with Gasteiger partial charge in [-0.2, -0.15) is 0 Å². The Morgan fingerprint density at radius 3 is 2.15 bits per heavy atom. The molecule has 7 heteroatoms. The van der Waals surface area contributed by atoms with E-state index in [0.29, 0.717) is 22.9 Å². The van der Waals surface area contributed by atoms with Gasteiger partial charge in [0, 0.05) is 30.7 Å². The predicted octanol–water partition coefficient (Wildman–Crippen LogP) is 4.46. The average molecular weight is 465 g/mol. The van der Waals surface area contributed by atoms with Crippen LogP contribution < -0.4 is 25.2 Å². The van der Waals surface area contributed by atoms with Crippen molar-refractivity contribution >= 4 is 40.7 Å². The lowest BCUT2D eigenvalue weighted by Gasteiger charge is -2.43. The quantitative estimate of drug-likeness (QED) is 0.503. The Bertz CT molecular complexity index is 1140. The molecule has 4 rings (SSSR count). The number of carbonyl (C=O) groups excluding carboxylic acids is 1. The van der Waals surface area contributed by atoms with Gasteiger partial charge in [0.25, 0.3) is 5.91 Å². The molecule has 33 heavy (non-hydrogen) atoms. The molecule has 0 aliphatic carbocycles. The number of hydrogen-bond acceptors (Lipinski definition) is 5. The minimum absolute atomic E-state index is 0.219. The van der Waals surface area contributed by atoms with Crippen molar-refractivity contribution in [2.45, 2.75) is 46.7 Å². The highest BCUT2D eigenvalue weighted by atomic mass is 32.1. The second-order valence-corrected chi connectivity index (χ2v) is 9.56. The van der Waals surface area contributed by atoms with E-state index in [1.807, 2.05) is 18.2 Å². The maximum atomic E-state index is 12.1. The summed E-state index contributed by atoms with van der Waals surface area (Å²) in [6.07, 6.45) is 1.81. The zero-order valence-electron chi connectivity index (χ0n) is 20.2. The number of nitrogens with one attached hydrogen (secondary N) is 2. The van der Waals surface area contributed by atoms with Crippen molar-refractivity contribution in [1.82, 2.24) is 10.6 Å². The summed E-state index contributed by atoms with van der Waals surface area (Å²) in [5.74, 6) is 0.579. The van der Waals surface area contributed by atoms with Gasteiger partial charge in [-0.1, -0.05) is 6.07 Å². The Morgan fingerprint density at radius 1 is 0.970 bits per heavy atom. The fourth-order valence-electron chi connectivity index (χ4n) is 4.64. The fourth-order valence-corrected chi connectivity index (χ4v) is 4.84. The number of amides is 1. The molecule has 0 unspecified atom stereocenters. The van der Waals surface area contributed by atoms with Gasteiger partial charge in [0.15, 0.2) is 5.11 Å². The van der Waals surface area contributed by atoms with Crippen molar-refractivity contribution in [1.29, 1.82) is 0 Å². The van der Waals surface area contributed by atoms with Crippen molar-refractivity contribution < 1.29 is 9.53 Å². The lowest BCUT2D eigenvalue weighted by molar-refractivity contribution is -0.115. The molecule has 2 aliphatic rings. The van der Waals surface area contributed by atoms with Gasteiger partial charge in [0.05, 0.1) is 18.5 Å². The van der Waals surface area contributed by atoms with Gasteiger partial charge >= 0.3 is 0 Å². The van der Waals surface area contributed by atoms with Crippen LogP contribution in [0, 0.1) is 6.92 Å². The molecule has 6 nitrogen and oxygen atoms in total. The third kappa shape index (κ3) is 4.42. The standard InChI is InChI=1S/C26H32N4O2S/c1-15(2)29-9-10-30(16(3)4)23-14-19(17(5)11-22(23)29)20-12-18(7-8-24(20)32-6)13-21-25(31)28-26(33)27-21/h7-8,11-16H,9-10H2,1-6H3,(H2,27,28,31,33)/b21-13-. The number of hydrogen-bond donors (Lipinski definition) is 2. The summed E-state index contributed by atoms with van der Waals surface area (Å²) in [6, 6.07) is 11.4. The van der Waals surface area contributed by atoms with Crippen LogP contribution in [0.15, 0.2) is 36.0 Å². The number of rotatable bonds is 5. The van der Waals surface area contributed by atoms with E-state index in [-0.39, 0.29) is 5.91 Å². The molecule has 2 aromatic rings. The molecule has 2 aliphatic heterocycles. The molecular formula is C26H32N4O2S. The first-order valence-corrected chi connectivity index (χ1v) is 11.8. The topological polar surface area (TPSA) is 56.8 Å². The van der Waals surface area contributed by atoms with Crippen molar-refractivity contribution in [3.8, 4) is 16.9 Å². The van der Waals surface area contributed by atoms with Gasteiger partial charge in [-0.25, -0.2) is 0 Å². The highest BCUT2D eigenvalue weighted by Crippen LogP contribution is 2.43. The number of nitrogens with zero attached hydrogens (tertiary/aromatic N) is 2. The van der Waals surface area contributed by atoms with E-state index < -0.39 is 0 Å². The van der Waals surface area contributed by atoms with E-state index in [1.165, 1.54) is 16.9 Å². The number of thiocarbonyl (C=S) groups is 1. The molecule has 1 saturated heterocycles. The largest absolute Gasteiger partial charge is 0.496 e. The van der Waals surface area contributed by atoms with E-state index in [0.717, 1.165) is 35.5 Å². The summed E-state index contributed by atoms with van der Waals surface area (Å²) in [6.45, 7) is 13.1. The second-order valence-electron chi connectivity index (χ2n) is 9.16. The maximum Gasteiger partial charge on any atom is 0.273 e. The van der Waals surface area contributed by atoms with Crippen LogP contribution in [0.3, 0.4) is 0 Å². The molecule has 2 N–H and O–H groups in total. The lowest BCUT2D eigenvalue weighted by atomic mass is 9.94. The van der Waals surface area contributed by atoms with Gasteiger partial charge in [-0.15, -0.1) is 0 Å². The first-order valence-electron chi connectivity index (χ1n) is 11.4. The summed E-state index contributed by atoms with van der Waals surface area (Å²) in [7, 11) is 1.69. The van der Waals surface area contributed by atoms with Crippen molar-refractivity contribution in [2.75, 3.05) is 30.0 Å². The van der Waals surface area contributed by atoms with Crippen LogP contribution in [-0.4, -0.2) is 43.3 Å². The first kappa shape index (κ1) is 23.1. The van der Waals surface area contributed by atoms with E-state index in [2.05, 4.69) is 73.3 Å². The Kier molecular flexibility index (Phi) is 6.34. The van der Waals surface area contributed by atoms with E-state index in [1.54, 1.807) is 7.11 Å². The van der Waals surface area contributed by atoms with Crippen LogP contribution in [0.25, 0.3) is 17.2 Å². The van der Waals surface area contributed by atoms with Gasteiger partial charge < -0.3 is 19.9 Å². The summed E-state index contributed by atoms with van der Waals surface area (Å²) in [4.78, 5) is 17.1. The van der Waals surface area contributed by atoms with E-state index in [9.17, 15) is 4.79 Å². The number of methoxy groups -OCH3 is 1. The van der Waals surface area contributed by atoms with Gasteiger partial charge in [-0.05, 0) is 93.9 Å². The van der Waals surface area contributed by atoms with Crippen LogP contribution in [0.2, 0.25) is 0 Å². The summed E-state index contributed by atoms with van der Waals surface area (Å²) in [5, 5.41) is 5.85. The average Bonchev–Trinajstić information content (AvgIpc) is 3.08. The van der Waals surface area contributed by atoms with Crippen LogP contribution in [0.1, 0.15) is 38.8 Å². The van der Waals surface area contributed by atoms with Gasteiger partial charge in [0.1, 0.15) is 11.4 Å². The molecule has 2 aromatic carbocycles. The number of benzene rings is 2. The van der Waals surface area contributed by atoms with Gasteiger partial charge in [0.2, 0.25) is 0 Å². The van der Waals surface area contributed by atoms with Crippen LogP contribution in [0.5, 0.6) is 5.75 Å². The van der Waals surface area contributed by atoms with Gasteiger partial charge in [-0.3, -0.25) is 10.1 Å². The SMILES string of the molecule is COc1ccc(/C=C2\NC(=S)NC2=O)cc1-c1cc2c(cc1C)N(C(C)C)CCN2C(C)C. The van der Waals surface area contributed by atoms with E-state index >= 15 is 0 Å². The number of carbonyl (C=O) groups is 1. The molecular weight excluding hydrogens is 432 g/mol. The smallest absolute Gasteiger partial charge is 0.273 e. The zero-order valence-corrected chi connectivity index (χ0v) is 21.0. The minimum atomic E-state index is -0.219. The third-order valence-electron chi connectivity index (χ3n) is 6.31. The first-order chi connectivity index (χ1) is 15.7. The summed E-state index contributed by atoms with van der Waals surface area (Å²) < 4.78 is 5.74. The van der Waals surface area contributed by atoms with Crippen LogP contribution in [0.4, 0.5) is 11.4 Å². The minimum Gasteiger partial charge on any atom is -0.496 e. The Morgan fingerprint density at radius 2 is 1.61 bits per heavy atom. The maximum absolute atomic E-state index is 12.1. The molecule has 0 atom stereocenters. The Labute approximate surface area is 201 Å². The zero-order chi connectivity index (χ0) is 23.9. The fraction of sp³-hybridized carbons (Fsp3) is 0.385. The normalized spacial score (nSPS) is 17.0. The number of fused-ring (bicyclic) bond motifs is 1. The van der Waals surface area contributed by atoms with Crippen molar-refractivity contribution in [2.24, 2.45) is 0 Å². The molecule has 0 aromatic heterocycles. The van der Waals surface area contributed by atoms with Crippen molar-refractivity contribution in [3.63, 3.8) is 0 Å². The monoisotopic (exact) mass is 464 g/mol. The third-order valence-corrected chi connectivity index (χ3v) is 6.52. The summed E-state index contributed by atoms with van der Waals surface area (Å²) >= 11 is 5.05. The number of ether oxygens (including phenoxy) is 1. The predicted molar refractivity (Wildman–Crippen MR) is 140 cm³/mol. The highest BCUT2D eigenvalue weighted by Gasteiger charge is 2.27. The van der Waals surface area contributed by atoms with Crippen molar-refractivity contribution in [3.05, 3.63) is 47.2 Å². The Hall–Kier alpha value is -3.06. The molecule has 174 valence electrons. The Balaban J connectivity index is 1.85. The molecule has 0 bridgehead atoms. The number of anilines is 2. The van der Waals surface area contributed by atoms with Crippen LogP contribution in [-0.2, 0) is 4.79 Å². The molecule has 0 radical (unpaired) electrons.